The van der Waals surface area contributed by atoms with Crippen LogP contribution in [-0.4, -0.2) is 48.4 Å². The van der Waals surface area contributed by atoms with Crippen LogP contribution in [0.25, 0.3) is 10.9 Å². The molecule has 2 aromatic rings. The maximum Gasteiger partial charge on any atom is 0.387 e. The molecule has 1 aliphatic heterocycles. The number of alkyl halides is 2. The van der Waals surface area contributed by atoms with Gasteiger partial charge in [0.15, 0.2) is 11.6 Å². The lowest BCUT2D eigenvalue weighted by molar-refractivity contribution is -0.0488. The molecule has 2 heterocycles. The fraction of sp³-hybridized carbons (Fsp3) is 0.524. The number of rotatable bonds is 6. The second-order valence-electron chi connectivity index (χ2n) is 8.84. The Bertz CT molecular complexity index is 1110. The van der Waals surface area contributed by atoms with Crippen LogP contribution in [0.4, 0.5) is 18.9 Å². The molecular weight excluding hydrogens is 415 g/mol. The van der Waals surface area contributed by atoms with Crippen molar-refractivity contribution < 1.29 is 27.8 Å². The molecule has 0 spiro atoms. The van der Waals surface area contributed by atoms with Gasteiger partial charge in [0.2, 0.25) is 5.43 Å². The van der Waals surface area contributed by atoms with Gasteiger partial charge in [-0.2, -0.15) is 8.78 Å². The molecule has 0 bridgehead atoms. The van der Waals surface area contributed by atoms with Crippen molar-refractivity contribution in [3.8, 4) is 5.75 Å². The van der Waals surface area contributed by atoms with E-state index >= 15 is 4.39 Å². The predicted octanol–water partition coefficient (Wildman–Crippen LogP) is 3.21. The minimum absolute atomic E-state index is 0.0000798. The largest absolute Gasteiger partial charge is 0.477 e. The number of fused-ring (bicyclic) bond motifs is 1. The molecule has 1 atom stereocenters. The summed E-state index contributed by atoms with van der Waals surface area (Å²) in [5.41, 5.74) is -1.89. The van der Waals surface area contributed by atoms with Crippen molar-refractivity contribution in [1.29, 1.82) is 0 Å². The quantitative estimate of drug-likeness (QED) is 0.719. The van der Waals surface area contributed by atoms with Gasteiger partial charge in [0.05, 0.1) is 10.9 Å². The van der Waals surface area contributed by atoms with E-state index in [2.05, 4.69) is 5.32 Å². The van der Waals surface area contributed by atoms with Gasteiger partial charge in [0, 0.05) is 31.4 Å². The molecule has 1 aromatic carbocycles. The molecular formula is C21H24F3N3O4. The first-order valence-electron chi connectivity index (χ1n) is 10.1. The Morgan fingerprint density at radius 1 is 1.35 bits per heavy atom. The number of aromatic nitrogens is 1. The molecule has 1 saturated carbocycles. The maximum atomic E-state index is 15.3. The van der Waals surface area contributed by atoms with E-state index in [-0.39, 0.29) is 34.1 Å². The van der Waals surface area contributed by atoms with Gasteiger partial charge in [-0.25, -0.2) is 9.18 Å². The Labute approximate surface area is 176 Å². The minimum Gasteiger partial charge on any atom is -0.477 e. The van der Waals surface area contributed by atoms with Gasteiger partial charge < -0.3 is 24.6 Å². The predicted molar refractivity (Wildman–Crippen MR) is 109 cm³/mol. The third-order valence-corrected chi connectivity index (χ3v) is 6.19. The number of nitrogens with one attached hydrogen (secondary N) is 1. The van der Waals surface area contributed by atoms with E-state index in [0.29, 0.717) is 25.9 Å². The van der Waals surface area contributed by atoms with E-state index in [1.165, 1.54) is 4.57 Å². The smallest absolute Gasteiger partial charge is 0.387 e. The second kappa shape index (κ2) is 7.44. The number of nitrogens with zero attached hydrogens (tertiary/aromatic N) is 2. The number of hydrogen-bond acceptors (Lipinski definition) is 5. The zero-order chi connectivity index (χ0) is 22.7. The average Bonchev–Trinajstić information content (AvgIpc) is 3.45. The SMILES string of the molecule is CNC1CN(c2c(F)cc3c(=O)c(C(=O)O)cn(C4CC4)c3c2OC(F)F)CC1(C)C. The van der Waals surface area contributed by atoms with Gasteiger partial charge in [-0.05, 0) is 31.4 Å². The molecule has 2 N–H and O–H groups in total. The molecule has 0 amide bonds. The lowest BCUT2D eigenvalue weighted by Crippen LogP contribution is -2.38. The van der Waals surface area contributed by atoms with Crippen molar-refractivity contribution in [2.24, 2.45) is 5.41 Å². The molecule has 2 aliphatic rings. The maximum absolute atomic E-state index is 15.3. The number of ether oxygens (including phenoxy) is 1. The normalized spacial score (nSPS) is 20.6. The molecule has 2 fully saturated rings. The summed E-state index contributed by atoms with van der Waals surface area (Å²) in [5.74, 6) is -2.79. The summed E-state index contributed by atoms with van der Waals surface area (Å²) in [4.78, 5) is 26.0. The van der Waals surface area contributed by atoms with Gasteiger partial charge >= 0.3 is 12.6 Å². The zero-order valence-electron chi connectivity index (χ0n) is 17.4. The number of hydrogen-bond donors (Lipinski definition) is 2. The molecule has 1 saturated heterocycles. The van der Waals surface area contributed by atoms with Crippen LogP contribution in [0.2, 0.25) is 0 Å². The van der Waals surface area contributed by atoms with E-state index in [0.717, 1.165) is 12.3 Å². The first kappa shape index (κ1) is 21.5. The summed E-state index contributed by atoms with van der Waals surface area (Å²) < 4.78 is 48.5. The molecule has 1 unspecified atom stereocenters. The number of carbonyl (C=O) groups is 1. The van der Waals surface area contributed by atoms with Crippen molar-refractivity contribution in [3.63, 3.8) is 0 Å². The number of carboxylic acids is 1. The second-order valence-corrected chi connectivity index (χ2v) is 8.84. The zero-order valence-corrected chi connectivity index (χ0v) is 17.4. The third-order valence-electron chi connectivity index (χ3n) is 6.19. The van der Waals surface area contributed by atoms with Crippen molar-refractivity contribution in [1.82, 2.24) is 9.88 Å². The summed E-state index contributed by atoms with van der Waals surface area (Å²) in [6.07, 6.45) is 2.53. The van der Waals surface area contributed by atoms with Crippen LogP contribution in [0.5, 0.6) is 5.75 Å². The monoisotopic (exact) mass is 439 g/mol. The van der Waals surface area contributed by atoms with Crippen LogP contribution < -0.4 is 20.4 Å². The number of pyridine rings is 1. The summed E-state index contributed by atoms with van der Waals surface area (Å²) in [5, 5.41) is 12.3. The summed E-state index contributed by atoms with van der Waals surface area (Å²) in [6, 6.07) is 0.748. The van der Waals surface area contributed by atoms with Crippen LogP contribution in [-0.2, 0) is 0 Å². The number of carboxylic acid groups (broad SMARTS) is 1. The highest BCUT2D eigenvalue weighted by Crippen LogP contribution is 2.46. The highest BCUT2D eigenvalue weighted by atomic mass is 19.3. The lowest BCUT2D eigenvalue weighted by Gasteiger charge is -2.26. The van der Waals surface area contributed by atoms with Gasteiger partial charge in [-0.15, -0.1) is 0 Å². The molecule has 4 rings (SSSR count). The number of aromatic carboxylic acids is 1. The van der Waals surface area contributed by atoms with E-state index in [1.807, 2.05) is 13.8 Å². The van der Waals surface area contributed by atoms with E-state index in [1.54, 1.807) is 11.9 Å². The summed E-state index contributed by atoms with van der Waals surface area (Å²) in [6.45, 7) is 1.45. The summed E-state index contributed by atoms with van der Waals surface area (Å²) in [7, 11) is 1.78. The lowest BCUT2D eigenvalue weighted by atomic mass is 9.88. The van der Waals surface area contributed by atoms with Crippen LogP contribution in [0, 0.1) is 11.2 Å². The Morgan fingerprint density at radius 3 is 2.55 bits per heavy atom. The van der Waals surface area contributed by atoms with Crippen LogP contribution in [0.3, 0.4) is 0 Å². The Balaban J connectivity index is 2.03. The number of halogens is 3. The van der Waals surface area contributed by atoms with E-state index < -0.39 is 35.1 Å². The molecule has 31 heavy (non-hydrogen) atoms. The van der Waals surface area contributed by atoms with Gasteiger partial charge in [-0.1, -0.05) is 13.8 Å². The molecule has 1 aromatic heterocycles. The topological polar surface area (TPSA) is 83.8 Å². The van der Waals surface area contributed by atoms with Crippen LogP contribution in [0.15, 0.2) is 17.1 Å². The third kappa shape index (κ3) is 3.62. The first-order chi connectivity index (χ1) is 14.5. The summed E-state index contributed by atoms with van der Waals surface area (Å²) >= 11 is 0. The van der Waals surface area contributed by atoms with Crippen molar-refractivity contribution in [2.45, 2.75) is 45.4 Å². The number of anilines is 1. The van der Waals surface area contributed by atoms with Gasteiger partial charge in [-0.3, -0.25) is 4.79 Å². The van der Waals surface area contributed by atoms with Crippen LogP contribution >= 0.6 is 0 Å². The Hall–Kier alpha value is -2.75. The van der Waals surface area contributed by atoms with E-state index in [4.69, 9.17) is 4.74 Å². The molecule has 1 aliphatic carbocycles. The highest BCUT2D eigenvalue weighted by Gasteiger charge is 2.41. The van der Waals surface area contributed by atoms with Crippen molar-refractivity contribution in [3.05, 3.63) is 33.9 Å². The molecule has 7 nitrogen and oxygen atoms in total. The standard InChI is InChI=1S/C21H24F3N3O4/c1-21(2)9-26(8-14(21)25-3)16-13(22)6-11-15(18(16)31-20(23)24)27(10-4-5-10)7-12(17(11)28)19(29)30/h6-7,10,14,20,25H,4-5,8-9H2,1-3H3,(H,29,30). The van der Waals surface area contributed by atoms with Gasteiger partial charge in [0.1, 0.15) is 11.3 Å². The molecule has 168 valence electrons. The fourth-order valence-corrected chi connectivity index (χ4v) is 4.52. The van der Waals surface area contributed by atoms with E-state index in [9.17, 15) is 23.5 Å². The highest BCUT2D eigenvalue weighted by molar-refractivity contribution is 5.97. The van der Waals surface area contributed by atoms with Crippen molar-refractivity contribution in [2.75, 3.05) is 25.0 Å². The van der Waals surface area contributed by atoms with Gasteiger partial charge in [0.25, 0.3) is 0 Å². The number of benzene rings is 1. The Morgan fingerprint density at radius 2 is 2.03 bits per heavy atom. The first-order valence-corrected chi connectivity index (χ1v) is 10.1. The molecule has 0 radical (unpaired) electrons. The van der Waals surface area contributed by atoms with Crippen molar-refractivity contribution >= 4 is 22.6 Å². The van der Waals surface area contributed by atoms with Crippen LogP contribution in [0.1, 0.15) is 43.1 Å². The fourth-order valence-electron chi connectivity index (χ4n) is 4.52. The minimum atomic E-state index is -3.25. The average molecular weight is 439 g/mol. The molecule has 10 heteroatoms. The Kier molecular flexibility index (Phi) is 5.15. The number of likely N-dealkylation sites (N-methyl/N-ethyl adjacent to an activating group) is 1.